The Morgan fingerprint density at radius 1 is 1.29 bits per heavy atom. The van der Waals surface area contributed by atoms with Gasteiger partial charge in [0.2, 0.25) is 0 Å². The molecule has 0 bridgehead atoms. The maximum atomic E-state index is 12.2. The number of nitrogens with zero attached hydrogens (tertiary/aromatic N) is 1. The topological polar surface area (TPSA) is 92.6 Å². The molecule has 1 amide bonds. The minimum atomic E-state index is -0.161. The van der Waals surface area contributed by atoms with E-state index in [0.717, 1.165) is 11.1 Å². The molecule has 0 unspecified atom stereocenters. The van der Waals surface area contributed by atoms with Crippen LogP contribution in [-0.4, -0.2) is 18.4 Å². The molecule has 0 aliphatic carbocycles. The lowest BCUT2D eigenvalue weighted by molar-refractivity contribution is 0.0948. The quantitative estimate of drug-likeness (QED) is 0.413. The average molecular weight is 326 g/mol. The van der Waals surface area contributed by atoms with Crippen molar-refractivity contribution in [3.8, 4) is 0 Å². The van der Waals surface area contributed by atoms with E-state index in [1.807, 2.05) is 25.1 Å². The van der Waals surface area contributed by atoms with E-state index in [0.29, 0.717) is 36.9 Å². The maximum absolute atomic E-state index is 12.2. The van der Waals surface area contributed by atoms with Crippen LogP contribution in [0, 0.1) is 0 Å². The second-order valence-corrected chi connectivity index (χ2v) is 5.47. The van der Waals surface area contributed by atoms with Crippen molar-refractivity contribution in [3.05, 3.63) is 71.7 Å². The molecule has 4 N–H and O–H groups in total. The summed E-state index contributed by atoms with van der Waals surface area (Å²) >= 11 is 0. The van der Waals surface area contributed by atoms with Gasteiger partial charge in [0.05, 0.1) is 19.4 Å². The van der Waals surface area contributed by atoms with E-state index >= 15 is 0 Å². The summed E-state index contributed by atoms with van der Waals surface area (Å²) < 4.78 is 5.19. The number of hydrogen-bond acceptors (Lipinski definition) is 3. The van der Waals surface area contributed by atoms with Gasteiger partial charge in [0, 0.05) is 12.1 Å². The standard InChI is InChI=1S/C18H22N4O2/c1-13(2)10-21-18(19)22-11-14-5-3-6-15(9-14)17(23)20-12-16-7-4-8-24-16/h3-9H,1,10-12H2,2H3,(H,20,23)(H3,19,21,22). The Morgan fingerprint density at radius 2 is 2.12 bits per heavy atom. The van der Waals surface area contributed by atoms with Crippen LogP contribution in [0.25, 0.3) is 0 Å². The average Bonchev–Trinajstić information content (AvgIpc) is 3.09. The Hall–Kier alpha value is -3.02. The summed E-state index contributed by atoms with van der Waals surface area (Å²) in [6.07, 6.45) is 1.58. The van der Waals surface area contributed by atoms with Gasteiger partial charge >= 0.3 is 0 Å². The molecule has 6 nitrogen and oxygen atoms in total. The fourth-order valence-electron chi connectivity index (χ4n) is 1.97. The minimum Gasteiger partial charge on any atom is -0.467 e. The number of carbonyl (C=O) groups excluding carboxylic acids is 1. The van der Waals surface area contributed by atoms with Crippen LogP contribution in [0.1, 0.15) is 28.6 Å². The van der Waals surface area contributed by atoms with E-state index in [2.05, 4.69) is 22.2 Å². The van der Waals surface area contributed by atoms with Gasteiger partial charge in [-0.1, -0.05) is 24.3 Å². The van der Waals surface area contributed by atoms with Gasteiger partial charge in [-0.25, -0.2) is 4.99 Å². The van der Waals surface area contributed by atoms with E-state index < -0.39 is 0 Å². The Balaban J connectivity index is 1.91. The summed E-state index contributed by atoms with van der Waals surface area (Å²) in [6.45, 7) is 7.03. The molecule has 126 valence electrons. The highest BCUT2D eigenvalue weighted by Gasteiger charge is 2.07. The number of benzene rings is 1. The summed E-state index contributed by atoms with van der Waals surface area (Å²) in [7, 11) is 0. The van der Waals surface area contributed by atoms with E-state index in [4.69, 9.17) is 10.2 Å². The Bertz CT molecular complexity index is 720. The first kappa shape index (κ1) is 17.3. The zero-order valence-corrected chi connectivity index (χ0v) is 13.7. The number of nitrogens with two attached hydrogens (primary N) is 1. The number of aliphatic imine (C=N–C) groups is 1. The molecule has 1 aromatic carbocycles. The van der Waals surface area contributed by atoms with Crippen LogP contribution in [-0.2, 0) is 13.1 Å². The molecule has 0 aliphatic rings. The van der Waals surface area contributed by atoms with Crippen LogP contribution in [0.4, 0.5) is 0 Å². The molecule has 1 heterocycles. The first-order chi connectivity index (χ1) is 11.5. The van der Waals surface area contributed by atoms with E-state index in [-0.39, 0.29) is 5.91 Å². The first-order valence-corrected chi connectivity index (χ1v) is 7.62. The van der Waals surface area contributed by atoms with Crippen molar-refractivity contribution in [2.75, 3.05) is 6.54 Å². The van der Waals surface area contributed by atoms with Gasteiger partial charge < -0.3 is 20.8 Å². The predicted molar refractivity (Wildman–Crippen MR) is 94.5 cm³/mol. The van der Waals surface area contributed by atoms with Crippen LogP contribution in [0.5, 0.6) is 0 Å². The maximum Gasteiger partial charge on any atom is 0.251 e. The first-order valence-electron chi connectivity index (χ1n) is 7.62. The molecule has 0 saturated heterocycles. The van der Waals surface area contributed by atoms with Crippen molar-refractivity contribution in [1.82, 2.24) is 10.6 Å². The molecule has 24 heavy (non-hydrogen) atoms. The Kier molecular flexibility index (Phi) is 6.19. The van der Waals surface area contributed by atoms with Crippen LogP contribution in [0.15, 0.2) is 64.2 Å². The molecular weight excluding hydrogens is 304 g/mol. The highest BCUT2D eigenvalue weighted by atomic mass is 16.3. The molecule has 0 fully saturated rings. The second-order valence-electron chi connectivity index (χ2n) is 5.47. The van der Waals surface area contributed by atoms with Gasteiger partial charge in [0.15, 0.2) is 5.96 Å². The number of furan rings is 1. The van der Waals surface area contributed by atoms with Crippen molar-refractivity contribution in [2.45, 2.75) is 20.0 Å². The Morgan fingerprint density at radius 3 is 2.83 bits per heavy atom. The van der Waals surface area contributed by atoms with Gasteiger partial charge in [0.1, 0.15) is 5.76 Å². The SMILES string of the molecule is C=C(C)CNC(N)=NCc1cccc(C(=O)NCc2ccco2)c1. The number of rotatable bonds is 7. The van der Waals surface area contributed by atoms with E-state index in [1.165, 1.54) is 0 Å². The smallest absolute Gasteiger partial charge is 0.251 e. The molecule has 0 spiro atoms. The summed E-state index contributed by atoms with van der Waals surface area (Å²) in [4.78, 5) is 16.4. The van der Waals surface area contributed by atoms with E-state index in [9.17, 15) is 4.79 Å². The normalized spacial score (nSPS) is 11.1. The number of guanidine groups is 1. The van der Waals surface area contributed by atoms with Gasteiger partial charge in [0.25, 0.3) is 5.91 Å². The molecule has 0 saturated carbocycles. The van der Waals surface area contributed by atoms with Crippen LogP contribution >= 0.6 is 0 Å². The van der Waals surface area contributed by atoms with Crippen LogP contribution in [0.3, 0.4) is 0 Å². The largest absolute Gasteiger partial charge is 0.467 e. The lowest BCUT2D eigenvalue weighted by Crippen LogP contribution is -2.32. The molecule has 2 aromatic rings. The summed E-state index contributed by atoms with van der Waals surface area (Å²) in [5.41, 5.74) is 8.23. The monoisotopic (exact) mass is 326 g/mol. The van der Waals surface area contributed by atoms with Crippen LogP contribution in [0.2, 0.25) is 0 Å². The second kappa shape index (κ2) is 8.57. The van der Waals surface area contributed by atoms with Crippen molar-refractivity contribution in [2.24, 2.45) is 10.7 Å². The zero-order valence-electron chi connectivity index (χ0n) is 13.7. The van der Waals surface area contributed by atoms with Crippen LogP contribution < -0.4 is 16.4 Å². The third-order valence-electron chi connectivity index (χ3n) is 3.20. The van der Waals surface area contributed by atoms with Gasteiger partial charge in [-0.05, 0) is 36.8 Å². The third kappa shape index (κ3) is 5.64. The summed E-state index contributed by atoms with van der Waals surface area (Å²) in [5, 5.41) is 5.78. The molecule has 0 atom stereocenters. The number of hydrogen-bond donors (Lipinski definition) is 3. The lowest BCUT2D eigenvalue weighted by atomic mass is 10.1. The van der Waals surface area contributed by atoms with Gasteiger partial charge in [-0.2, -0.15) is 0 Å². The van der Waals surface area contributed by atoms with Gasteiger partial charge in [-0.3, -0.25) is 4.79 Å². The zero-order chi connectivity index (χ0) is 17.4. The minimum absolute atomic E-state index is 0.161. The summed E-state index contributed by atoms with van der Waals surface area (Å²) in [6, 6.07) is 10.9. The molecular formula is C18H22N4O2. The number of amides is 1. The molecule has 1 aromatic heterocycles. The number of nitrogens with one attached hydrogen (secondary N) is 2. The van der Waals surface area contributed by atoms with Crippen molar-refractivity contribution in [3.63, 3.8) is 0 Å². The fourth-order valence-corrected chi connectivity index (χ4v) is 1.97. The van der Waals surface area contributed by atoms with Gasteiger partial charge in [-0.15, -0.1) is 0 Å². The third-order valence-corrected chi connectivity index (χ3v) is 3.20. The fraction of sp³-hybridized carbons (Fsp3) is 0.222. The molecule has 6 heteroatoms. The summed E-state index contributed by atoms with van der Waals surface area (Å²) in [5.74, 6) is 0.900. The molecule has 0 aliphatic heterocycles. The van der Waals surface area contributed by atoms with Crippen molar-refractivity contribution < 1.29 is 9.21 Å². The molecule has 0 radical (unpaired) electrons. The Labute approximate surface area is 141 Å². The predicted octanol–water partition coefficient (Wildman–Crippen LogP) is 2.19. The van der Waals surface area contributed by atoms with Crippen molar-refractivity contribution in [1.29, 1.82) is 0 Å². The molecule has 2 rings (SSSR count). The highest BCUT2D eigenvalue weighted by Crippen LogP contribution is 2.07. The number of carbonyl (C=O) groups is 1. The van der Waals surface area contributed by atoms with Crippen molar-refractivity contribution >= 4 is 11.9 Å². The highest BCUT2D eigenvalue weighted by molar-refractivity contribution is 5.94. The van der Waals surface area contributed by atoms with E-state index in [1.54, 1.807) is 24.5 Å². The lowest BCUT2D eigenvalue weighted by Gasteiger charge is -2.07.